The van der Waals surface area contributed by atoms with Crippen molar-refractivity contribution in [3.63, 3.8) is 0 Å². The van der Waals surface area contributed by atoms with Crippen LogP contribution < -0.4 is 0 Å². The first-order valence-corrected chi connectivity index (χ1v) is 7.58. The monoisotopic (exact) mass is 198 g/mol. The molecule has 0 amide bonds. The largest absolute Gasteiger partial charge is 0.514 e. The number of furan rings is 1. The van der Waals surface area contributed by atoms with Crippen molar-refractivity contribution in [1.29, 1.82) is 0 Å². The van der Waals surface area contributed by atoms with Gasteiger partial charge in [-0.05, 0) is 32.6 Å². The Morgan fingerprint density at radius 2 is 2.08 bits per heavy atom. The van der Waals surface area contributed by atoms with Crippen LogP contribution in [-0.2, 0) is 4.43 Å². The van der Waals surface area contributed by atoms with Crippen LogP contribution in [-0.4, -0.2) is 14.3 Å². The van der Waals surface area contributed by atoms with Crippen molar-refractivity contribution >= 4 is 14.3 Å². The van der Waals surface area contributed by atoms with Gasteiger partial charge >= 0.3 is 5.97 Å². The molecular formula is C9H14O3Si. The van der Waals surface area contributed by atoms with Crippen LogP contribution in [0.1, 0.15) is 16.1 Å². The average Bonchev–Trinajstić information content (AvgIpc) is 2.30. The molecule has 1 aromatic heterocycles. The van der Waals surface area contributed by atoms with E-state index in [2.05, 4.69) is 0 Å². The van der Waals surface area contributed by atoms with Crippen molar-refractivity contribution in [1.82, 2.24) is 0 Å². The van der Waals surface area contributed by atoms with Gasteiger partial charge in [-0.15, -0.1) is 0 Å². The third-order valence-corrected chi connectivity index (χ3v) is 2.24. The summed E-state index contributed by atoms with van der Waals surface area (Å²) >= 11 is 0. The Labute approximate surface area is 78.8 Å². The molecule has 13 heavy (non-hydrogen) atoms. The molecule has 0 aromatic carbocycles. The molecule has 0 bridgehead atoms. The number of rotatable bonds is 2. The normalized spacial score (nSPS) is 11.4. The van der Waals surface area contributed by atoms with Gasteiger partial charge in [-0.25, -0.2) is 4.79 Å². The minimum atomic E-state index is -1.81. The van der Waals surface area contributed by atoms with Gasteiger partial charge < -0.3 is 8.84 Å². The van der Waals surface area contributed by atoms with E-state index in [1.807, 2.05) is 26.6 Å². The summed E-state index contributed by atoms with van der Waals surface area (Å²) in [4.78, 5) is 11.5. The van der Waals surface area contributed by atoms with Gasteiger partial charge in [0.2, 0.25) is 14.1 Å². The molecule has 72 valence electrons. The minimum absolute atomic E-state index is 0.322. The Bertz CT molecular complexity index is 309. The van der Waals surface area contributed by atoms with E-state index in [0.717, 1.165) is 5.56 Å². The Balaban J connectivity index is 2.76. The van der Waals surface area contributed by atoms with Crippen LogP contribution in [0.4, 0.5) is 0 Å². The zero-order chi connectivity index (χ0) is 10.1. The molecule has 0 aliphatic rings. The SMILES string of the molecule is Cc1ccoc1C(=O)O[Si](C)(C)C. The van der Waals surface area contributed by atoms with E-state index >= 15 is 0 Å². The third-order valence-electron chi connectivity index (χ3n) is 1.45. The van der Waals surface area contributed by atoms with Crippen LogP contribution in [0.2, 0.25) is 19.6 Å². The molecular weight excluding hydrogens is 184 g/mol. The highest BCUT2D eigenvalue weighted by Gasteiger charge is 2.23. The van der Waals surface area contributed by atoms with Crippen LogP contribution in [0.15, 0.2) is 16.7 Å². The lowest BCUT2D eigenvalue weighted by molar-refractivity contribution is 0.0690. The summed E-state index contributed by atoms with van der Waals surface area (Å²) in [7, 11) is -1.81. The van der Waals surface area contributed by atoms with Gasteiger partial charge in [0.25, 0.3) is 0 Å². The number of hydrogen-bond donors (Lipinski definition) is 0. The van der Waals surface area contributed by atoms with E-state index < -0.39 is 8.32 Å². The molecule has 0 atom stereocenters. The zero-order valence-electron chi connectivity index (χ0n) is 8.38. The second-order valence-corrected chi connectivity index (χ2v) is 8.36. The fourth-order valence-electron chi connectivity index (χ4n) is 0.906. The highest BCUT2D eigenvalue weighted by atomic mass is 28.4. The Hall–Kier alpha value is -1.03. The second-order valence-electron chi connectivity index (χ2n) is 3.93. The van der Waals surface area contributed by atoms with Gasteiger partial charge in [-0.1, -0.05) is 0 Å². The molecule has 0 saturated heterocycles. The highest BCUT2D eigenvalue weighted by Crippen LogP contribution is 2.13. The van der Waals surface area contributed by atoms with Crippen molar-refractivity contribution in [2.24, 2.45) is 0 Å². The maximum Gasteiger partial charge on any atom is 0.361 e. The standard InChI is InChI=1S/C9H14O3Si/c1-7-5-6-11-8(7)9(10)12-13(2,3)4/h5-6H,1-4H3. The van der Waals surface area contributed by atoms with E-state index in [-0.39, 0.29) is 5.97 Å². The first kappa shape index (κ1) is 10.1. The molecule has 0 spiro atoms. The minimum Gasteiger partial charge on any atom is -0.514 e. The molecule has 0 radical (unpaired) electrons. The van der Waals surface area contributed by atoms with Crippen LogP contribution in [0.3, 0.4) is 0 Å². The van der Waals surface area contributed by atoms with Crippen LogP contribution >= 0.6 is 0 Å². The van der Waals surface area contributed by atoms with Gasteiger partial charge in [-0.3, -0.25) is 0 Å². The number of hydrogen-bond acceptors (Lipinski definition) is 3. The van der Waals surface area contributed by atoms with Gasteiger partial charge in [0.05, 0.1) is 6.26 Å². The maximum atomic E-state index is 11.5. The number of carbonyl (C=O) groups excluding carboxylic acids is 1. The van der Waals surface area contributed by atoms with Gasteiger partial charge in [0.1, 0.15) is 0 Å². The summed E-state index contributed by atoms with van der Waals surface area (Å²) < 4.78 is 10.3. The summed E-state index contributed by atoms with van der Waals surface area (Å²) in [5, 5.41) is 0. The van der Waals surface area contributed by atoms with E-state index in [4.69, 9.17) is 8.84 Å². The third kappa shape index (κ3) is 2.73. The molecule has 0 aliphatic carbocycles. The summed E-state index contributed by atoms with van der Waals surface area (Å²) in [6.07, 6.45) is 1.50. The molecule has 0 saturated carbocycles. The predicted octanol–water partition coefficient (Wildman–Crippen LogP) is 2.58. The quantitative estimate of drug-likeness (QED) is 0.686. The zero-order valence-corrected chi connectivity index (χ0v) is 9.38. The fraction of sp³-hybridized carbons (Fsp3) is 0.444. The van der Waals surface area contributed by atoms with Crippen molar-refractivity contribution in [2.75, 3.05) is 0 Å². The molecule has 3 nitrogen and oxygen atoms in total. The van der Waals surface area contributed by atoms with E-state index in [0.29, 0.717) is 5.76 Å². The first-order valence-electron chi connectivity index (χ1n) is 4.17. The summed E-state index contributed by atoms with van der Waals surface area (Å²) in [5.41, 5.74) is 0.822. The molecule has 0 fully saturated rings. The van der Waals surface area contributed by atoms with Crippen molar-refractivity contribution < 1.29 is 13.6 Å². The number of carbonyl (C=O) groups is 1. The Morgan fingerprint density at radius 3 is 2.46 bits per heavy atom. The molecule has 1 rings (SSSR count). The van der Waals surface area contributed by atoms with Gasteiger partial charge in [0, 0.05) is 5.56 Å². The highest BCUT2D eigenvalue weighted by molar-refractivity contribution is 6.71. The average molecular weight is 198 g/mol. The number of aryl methyl sites for hydroxylation is 1. The van der Waals surface area contributed by atoms with Crippen LogP contribution in [0.5, 0.6) is 0 Å². The summed E-state index contributed by atoms with van der Waals surface area (Å²) in [5.74, 6) is -0.0240. The first-order chi connectivity index (χ1) is 5.90. The van der Waals surface area contributed by atoms with E-state index in [1.54, 1.807) is 6.07 Å². The van der Waals surface area contributed by atoms with Gasteiger partial charge in [0.15, 0.2) is 0 Å². The molecule has 0 unspecified atom stereocenters. The summed E-state index contributed by atoms with van der Waals surface area (Å²) in [6.45, 7) is 7.71. The molecule has 4 heteroatoms. The fourth-order valence-corrected chi connectivity index (χ4v) is 1.56. The van der Waals surface area contributed by atoms with E-state index in [9.17, 15) is 4.79 Å². The van der Waals surface area contributed by atoms with Crippen molar-refractivity contribution in [3.8, 4) is 0 Å². The lowest BCUT2D eigenvalue weighted by Crippen LogP contribution is -2.29. The predicted molar refractivity (Wildman–Crippen MR) is 52.2 cm³/mol. The van der Waals surface area contributed by atoms with Gasteiger partial charge in [-0.2, -0.15) is 0 Å². The Kier molecular flexibility index (Phi) is 2.61. The maximum absolute atomic E-state index is 11.5. The summed E-state index contributed by atoms with van der Waals surface area (Å²) in [6, 6.07) is 1.75. The topological polar surface area (TPSA) is 39.4 Å². The van der Waals surface area contributed by atoms with Crippen LogP contribution in [0, 0.1) is 6.92 Å². The molecule has 1 heterocycles. The van der Waals surface area contributed by atoms with Crippen molar-refractivity contribution in [2.45, 2.75) is 26.6 Å². The van der Waals surface area contributed by atoms with Crippen molar-refractivity contribution in [3.05, 3.63) is 23.7 Å². The molecule has 1 aromatic rings. The second kappa shape index (κ2) is 3.37. The van der Waals surface area contributed by atoms with Crippen LogP contribution in [0.25, 0.3) is 0 Å². The Morgan fingerprint density at radius 1 is 1.46 bits per heavy atom. The lowest BCUT2D eigenvalue weighted by atomic mass is 10.3. The molecule has 0 aliphatic heterocycles. The molecule has 0 N–H and O–H groups in total. The lowest BCUT2D eigenvalue weighted by Gasteiger charge is -2.16. The van der Waals surface area contributed by atoms with E-state index in [1.165, 1.54) is 6.26 Å². The smallest absolute Gasteiger partial charge is 0.361 e.